The van der Waals surface area contributed by atoms with E-state index < -0.39 is 0 Å². The van der Waals surface area contributed by atoms with Gasteiger partial charge in [-0.15, -0.1) is 0 Å². The van der Waals surface area contributed by atoms with Crippen LogP contribution in [0.25, 0.3) is 22.3 Å². The van der Waals surface area contributed by atoms with Gasteiger partial charge in [0.05, 0.1) is 11.8 Å². The molecule has 2 aromatic carbocycles. The van der Waals surface area contributed by atoms with Crippen LogP contribution >= 0.6 is 12.2 Å². The second-order valence-electron chi connectivity index (χ2n) is 5.60. The van der Waals surface area contributed by atoms with Crippen LogP contribution in [0.3, 0.4) is 0 Å². The number of hydrogen-bond donors (Lipinski definition) is 2. The maximum atomic E-state index is 14.1. The van der Waals surface area contributed by atoms with Crippen LogP contribution in [0.4, 0.5) is 4.39 Å². The van der Waals surface area contributed by atoms with Crippen molar-refractivity contribution >= 4 is 29.3 Å². The number of aromatic nitrogens is 4. The molecule has 2 heterocycles. The average Bonchev–Trinajstić information content (AvgIpc) is 3.13. The highest BCUT2D eigenvalue weighted by molar-refractivity contribution is 7.71. The molecule has 5 nitrogen and oxygen atoms in total. The Labute approximate surface area is 147 Å². The van der Waals surface area contributed by atoms with Crippen molar-refractivity contribution in [3.63, 3.8) is 0 Å². The van der Waals surface area contributed by atoms with E-state index in [1.165, 1.54) is 10.7 Å². The van der Waals surface area contributed by atoms with Gasteiger partial charge in [-0.1, -0.05) is 30.3 Å². The summed E-state index contributed by atoms with van der Waals surface area (Å²) in [5.74, 6) is -0.0481. The average molecular weight is 351 g/mol. The van der Waals surface area contributed by atoms with Crippen molar-refractivity contribution in [1.82, 2.24) is 19.9 Å². The molecule has 124 valence electrons. The zero-order valence-corrected chi connectivity index (χ0v) is 14.1. The molecule has 0 radical (unpaired) electrons. The summed E-state index contributed by atoms with van der Waals surface area (Å²) >= 11 is 5.24. The molecule has 0 atom stereocenters. The molecule has 4 rings (SSSR count). The van der Waals surface area contributed by atoms with Crippen LogP contribution < -0.4 is 0 Å². The van der Waals surface area contributed by atoms with E-state index in [-0.39, 0.29) is 5.82 Å². The third-order valence-electron chi connectivity index (χ3n) is 4.01. The van der Waals surface area contributed by atoms with E-state index in [0.29, 0.717) is 16.2 Å². The molecule has 0 aliphatic heterocycles. The Morgan fingerprint density at radius 1 is 1.16 bits per heavy atom. The largest absolute Gasteiger partial charge is 0.358 e. The van der Waals surface area contributed by atoms with E-state index in [0.717, 1.165) is 22.2 Å². The molecule has 7 heteroatoms. The van der Waals surface area contributed by atoms with Gasteiger partial charge in [0, 0.05) is 22.2 Å². The minimum atomic E-state index is -0.378. The van der Waals surface area contributed by atoms with Gasteiger partial charge < -0.3 is 4.98 Å². The molecule has 0 unspecified atom stereocenters. The predicted octanol–water partition coefficient (Wildman–Crippen LogP) is 4.42. The number of benzene rings is 2. The monoisotopic (exact) mass is 351 g/mol. The number of halogens is 1. The number of aryl methyl sites for hydroxylation is 1. The summed E-state index contributed by atoms with van der Waals surface area (Å²) in [7, 11) is 0. The summed E-state index contributed by atoms with van der Waals surface area (Å²) in [6.07, 6.45) is 1.71. The second kappa shape index (κ2) is 6.10. The molecular formula is C18H14FN5S. The second-order valence-corrected chi connectivity index (χ2v) is 5.98. The van der Waals surface area contributed by atoms with Crippen LogP contribution in [0.2, 0.25) is 0 Å². The van der Waals surface area contributed by atoms with Crippen molar-refractivity contribution in [3.8, 4) is 11.4 Å². The van der Waals surface area contributed by atoms with Gasteiger partial charge in [0.2, 0.25) is 4.77 Å². The van der Waals surface area contributed by atoms with Crippen molar-refractivity contribution < 1.29 is 4.39 Å². The zero-order chi connectivity index (χ0) is 17.4. The van der Waals surface area contributed by atoms with Gasteiger partial charge in [-0.3, -0.25) is 0 Å². The number of H-pyrrole nitrogens is 2. The highest BCUT2D eigenvalue weighted by Crippen LogP contribution is 2.22. The molecule has 2 aromatic heterocycles. The summed E-state index contributed by atoms with van der Waals surface area (Å²) < 4.78 is 15.8. The Morgan fingerprint density at radius 2 is 1.92 bits per heavy atom. The molecule has 0 fully saturated rings. The predicted molar refractivity (Wildman–Crippen MR) is 98.8 cm³/mol. The van der Waals surface area contributed by atoms with Crippen LogP contribution in [0.1, 0.15) is 11.3 Å². The molecule has 0 saturated heterocycles. The minimum Gasteiger partial charge on any atom is -0.358 e. The fraction of sp³-hybridized carbons (Fsp3) is 0.0556. The summed E-state index contributed by atoms with van der Waals surface area (Å²) in [6, 6.07) is 14.4. The molecule has 25 heavy (non-hydrogen) atoms. The van der Waals surface area contributed by atoms with Crippen molar-refractivity contribution in [2.45, 2.75) is 6.92 Å². The Hall–Kier alpha value is -3.06. The van der Waals surface area contributed by atoms with Gasteiger partial charge in [-0.05, 0) is 37.3 Å². The number of rotatable bonds is 3. The van der Waals surface area contributed by atoms with Crippen LogP contribution in [0, 0.1) is 17.5 Å². The third kappa shape index (κ3) is 2.68. The number of nitrogens with one attached hydrogen (secondary N) is 2. The third-order valence-corrected chi connectivity index (χ3v) is 4.28. The van der Waals surface area contributed by atoms with Crippen LogP contribution in [0.5, 0.6) is 0 Å². The normalized spacial score (nSPS) is 11.6. The van der Waals surface area contributed by atoms with Gasteiger partial charge in [-0.25, -0.2) is 9.49 Å². The van der Waals surface area contributed by atoms with Gasteiger partial charge >= 0.3 is 0 Å². The van der Waals surface area contributed by atoms with E-state index in [1.807, 2.05) is 31.2 Å². The fourth-order valence-corrected chi connectivity index (χ4v) is 2.98. The number of para-hydroxylation sites is 1. The van der Waals surface area contributed by atoms with Crippen molar-refractivity contribution in [3.05, 3.63) is 70.4 Å². The standard InChI is InChI=1S/C18H14FN5S/c1-11-14(12-6-3-5-9-16(12)21-11)10-20-24-17(22-23-18(24)25)13-7-2-4-8-15(13)19/h2-10,21H,1H3,(H,23,25)/b20-10+. The highest BCUT2D eigenvalue weighted by atomic mass is 32.1. The summed E-state index contributed by atoms with van der Waals surface area (Å²) in [5.41, 5.74) is 3.32. The first-order chi connectivity index (χ1) is 12.1. The molecule has 0 aliphatic rings. The quantitative estimate of drug-likeness (QED) is 0.424. The lowest BCUT2D eigenvalue weighted by Gasteiger charge is -2.02. The maximum absolute atomic E-state index is 14.1. The van der Waals surface area contributed by atoms with E-state index in [1.54, 1.807) is 24.4 Å². The first-order valence-corrected chi connectivity index (χ1v) is 8.10. The van der Waals surface area contributed by atoms with Gasteiger partial charge in [0.1, 0.15) is 5.82 Å². The van der Waals surface area contributed by atoms with Gasteiger partial charge in [-0.2, -0.15) is 14.9 Å². The SMILES string of the molecule is Cc1[nH]c2ccccc2c1/C=N/n1c(-c2ccccc2F)n[nH]c1=S. The van der Waals surface area contributed by atoms with Crippen LogP contribution in [-0.4, -0.2) is 26.1 Å². The molecule has 0 amide bonds. The summed E-state index contributed by atoms with van der Waals surface area (Å²) in [4.78, 5) is 3.32. The highest BCUT2D eigenvalue weighted by Gasteiger charge is 2.13. The minimum absolute atomic E-state index is 0.298. The van der Waals surface area contributed by atoms with Crippen molar-refractivity contribution in [1.29, 1.82) is 0 Å². The lowest BCUT2D eigenvalue weighted by Crippen LogP contribution is -1.97. The lowest BCUT2D eigenvalue weighted by molar-refractivity contribution is 0.628. The summed E-state index contributed by atoms with van der Waals surface area (Å²) in [6.45, 7) is 1.98. The fourth-order valence-electron chi connectivity index (χ4n) is 2.80. The van der Waals surface area contributed by atoms with E-state index in [2.05, 4.69) is 20.3 Å². The molecular weight excluding hydrogens is 337 g/mol. The van der Waals surface area contributed by atoms with Crippen molar-refractivity contribution in [2.75, 3.05) is 0 Å². The van der Waals surface area contributed by atoms with Gasteiger partial charge in [0.25, 0.3) is 0 Å². The first-order valence-electron chi connectivity index (χ1n) is 7.69. The Kier molecular flexibility index (Phi) is 3.77. The van der Waals surface area contributed by atoms with Gasteiger partial charge in [0.15, 0.2) is 5.82 Å². The van der Waals surface area contributed by atoms with E-state index in [9.17, 15) is 4.39 Å². The van der Waals surface area contributed by atoms with Crippen molar-refractivity contribution in [2.24, 2.45) is 5.10 Å². The number of fused-ring (bicyclic) bond motifs is 1. The zero-order valence-electron chi connectivity index (χ0n) is 13.3. The molecule has 0 aliphatic carbocycles. The molecule has 0 bridgehead atoms. The molecule has 0 saturated carbocycles. The smallest absolute Gasteiger partial charge is 0.216 e. The summed E-state index contributed by atoms with van der Waals surface area (Å²) in [5, 5.41) is 12.3. The number of nitrogens with zero attached hydrogens (tertiary/aromatic N) is 3. The Morgan fingerprint density at radius 3 is 2.76 bits per heavy atom. The van der Waals surface area contributed by atoms with E-state index in [4.69, 9.17) is 12.2 Å². The molecule has 0 spiro atoms. The Balaban J connectivity index is 1.83. The van der Waals surface area contributed by atoms with E-state index >= 15 is 0 Å². The molecule has 2 N–H and O–H groups in total. The first kappa shape index (κ1) is 15.5. The maximum Gasteiger partial charge on any atom is 0.216 e. The number of hydrogen-bond acceptors (Lipinski definition) is 3. The Bertz CT molecular complexity index is 1150. The van der Waals surface area contributed by atoms with Crippen LogP contribution in [0.15, 0.2) is 53.6 Å². The lowest BCUT2D eigenvalue weighted by atomic mass is 10.1. The van der Waals surface area contributed by atoms with Crippen LogP contribution in [-0.2, 0) is 0 Å². The topological polar surface area (TPSA) is 61.8 Å². The number of aromatic amines is 2. The molecule has 4 aromatic rings.